The minimum Gasteiger partial charge on any atom is -0.456 e. The van der Waals surface area contributed by atoms with Gasteiger partial charge in [0, 0.05) is 31.4 Å². The molecule has 1 fully saturated rings. The van der Waals surface area contributed by atoms with Crippen molar-refractivity contribution in [3.63, 3.8) is 0 Å². The lowest BCUT2D eigenvalue weighted by Crippen LogP contribution is -2.34. The quantitative estimate of drug-likeness (QED) is 0.342. The van der Waals surface area contributed by atoms with E-state index in [1.807, 2.05) is 17.9 Å². The van der Waals surface area contributed by atoms with Crippen molar-refractivity contribution in [1.29, 1.82) is 0 Å². The van der Waals surface area contributed by atoms with Gasteiger partial charge in [-0.05, 0) is 49.4 Å². The second kappa shape index (κ2) is 8.78. The summed E-state index contributed by atoms with van der Waals surface area (Å²) >= 11 is 0. The molecule has 0 saturated carbocycles. The first-order valence-electron chi connectivity index (χ1n) is 10.5. The van der Waals surface area contributed by atoms with E-state index in [-0.39, 0.29) is 23.4 Å². The second-order valence-corrected chi connectivity index (χ2v) is 8.20. The number of nitrogens with zero attached hydrogens (tertiary/aromatic N) is 4. The number of ether oxygens (including phenoxy) is 1. The predicted molar refractivity (Wildman–Crippen MR) is 119 cm³/mol. The number of carbonyl (C=O) groups excluding carboxylic acids is 1. The molecule has 0 spiro atoms. The van der Waals surface area contributed by atoms with E-state index in [2.05, 4.69) is 11.9 Å². The van der Waals surface area contributed by atoms with Gasteiger partial charge in [-0.3, -0.25) is 19.3 Å². The number of esters is 1. The summed E-state index contributed by atoms with van der Waals surface area (Å²) in [5.74, 6) is -0.256. The molecular weight excluding hydrogens is 412 g/mol. The van der Waals surface area contributed by atoms with E-state index in [1.54, 1.807) is 18.3 Å². The highest BCUT2D eigenvalue weighted by molar-refractivity contribution is 5.91. The van der Waals surface area contributed by atoms with Crippen LogP contribution in [0.1, 0.15) is 41.4 Å². The van der Waals surface area contributed by atoms with Gasteiger partial charge in [0.2, 0.25) is 0 Å². The second-order valence-electron chi connectivity index (χ2n) is 8.20. The van der Waals surface area contributed by atoms with Gasteiger partial charge in [-0.2, -0.15) is 0 Å². The number of pyridine rings is 1. The lowest BCUT2D eigenvalue weighted by molar-refractivity contribution is -0.384. The summed E-state index contributed by atoms with van der Waals surface area (Å²) in [6.07, 6.45) is 3.69. The third-order valence-corrected chi connectivity index (χ3v) is 5.70. The summed E-state index contributed by atoms with van der Waals surface area (Å²) in [4.78, 5) is 42.5. The fourth-order valence-corrected chi connectivity index (χ4v) is 4.08. The molecule has 166 valence electrons. The number of aromatic nitrogens is 2. The Morgan fingerprint density at radius 3 is 2.88 bits per heavy atom. The van der Waals surface area contributed by atoms with E-state index < -0.39 is 10.9 Å². The molecule has 32 heavy (non-hydrogen) atoms. The van der Waals surface area contributed by atoms with Crippen LogP contribution in [0.4, 0.5) is 11.4 Å². The SMILES string of the molecule is Cc1cccn2c(=O)cc(COC(=O)c3ccc(N4CCCC(C)C4)c([N+](=O)[O-])c3)nc12. The summed E-state index contributed by atoms with van der Waals surface area (Å²) in [7, 11) is 0. The average molecular weight is 436 g/mol. The summed E-state index contributed by atoms with van der Waals surface area (Å²) < 4.78 is 6.73. The van der Waals surface area contributed by atoms with Gasteiger partial charge >= 0.3 is 5.97 Å². The summed E-state index contributed by atoms with van der Waals surface area (Å²) in [6, 6.07) is 9.30. The molecule has 1 aliphatic rings. The Labute approximate surface area is 184 Å². The highest BCUT2D eigenvalue weighted by atomic mass is 16.6. The van der Waals surface area contributed by atoms with E-state index in [9.17, 15) is 19.7 Å². The topological polar surface area (TPSA) is 107 Å². The van der Waals surface area contributed by atoms with Crippen LogP contribution in [-0.4, -0.2) is 33.4 Å². The van der Waals surface area contributed by atoms with Crippen molar-refractivity contribution in [3.8, 4) is 0 Å². The molecule has 0 amide bonds. The number of nitro benzene ring substituents is 1. The van der Waals surface area contributed by atoms with Gasteiger partial charge < -0.3 is 9.64 Å². The largest absolute Gasteiger partial charge is 0.456 e. The molecule has 9 heteroatoms. The monoisotopic (exact) mass is 436 g/mol. The van der Waals surface area contributed by atoms with Crippen molar-refractivity contribution < 1.29 is 14.5 Å². The molecule has 3 aromatic rings. The molecule has 4 rings (SSSR count). The fraction of sp³-hybridized carbons (Fsp3) is 0.348. The van der Waals surface area contributed by atoms with Crippen molar-refractivity contribution in [1.82, 2.24) is 9.38 Å². The maximum atomic E-state index is 12.6. The zero-order chi connectivity index (χ0) is 22.8. The van der Waals surface area contributed by atoms with Crippen LogP contribution in [0.25, 0.3) is 5.65 Å². The molecule has 1 saturated heterocycles. The van der Waals surface area contributed by atoms with Crippen LogP contribution in [0.5, 0.6) is 0 Å². The van der Waals surface area contributed by atoms with Crippen LogP contribution in [0.3, 0.4) is 0 Å². The standard InChI is InChI=1S/C23H24N4O5/c1-15-5-3-9-25(13-15)19-8-7-17(11-20(19)27(30)31)23(29)32-14-18-12-21(28)26-10-4-6-16(2)22(26)24-18/h4,6-8,10-12,15H,3,5,9,13-14H2,1-2H3. The molecule has 1 aromatic carbocycles. The van der Waals surface area contributed by atoms with Crippen LogP contribution in [0.15, 0.2) is 47.4 Å². The van der Waals surface area contributed by atoms with Crippen LogP contribution in [-0.2, 0) is 11.3 Å². The maximum Gasteiger partial charge on any atom is 0.338 e. The van der Waals surface area contributed by atoms with E-state index in [0.29, 0.717) is 22.9 Å². The number of hydrogen-bond donors (Lipinski definition) is 0. The fourth-order valence-electron chi connectivity index (χ4n) is 4.08. The van der Waals surface area contributed by atoms with Crippen molar-refractivity contribution in [2.45, 2.75) is 33.3 Å². The summed E-state index contributed by atoms with van der Waals surface area (Å²) in [5, 5.41) is 11.7. The van der Waals surface area contributed by atoms with Crippen molar-refractivity contribution >= 4 is 23.0 Å². The Morgan fingerprint density at radius 2 is 2.12 bits per heavy atom. The van der Waals surface area contributed by atoms with E-state index in [4.69, 9.17) is 4.74 Å². The molecule has 3 heterocycles. The molecule has 0 radical (unpaired) electrons. The molecule has 0 bridgehead atoms. The number of hydrogen-bond acceptors (Lipinski definition) is 7. The zero-order valence-corrected chi connectivity index (χ0v) is 18.0. The first kappa shape index (κ1) is 21.5. The van der Waals surface area contributed by atoms with Gasteiger partial charge in [0.1, 0.15) is 17.9 Å². The minimum atomic E-state index is -0.710. The molecule has 2 aromatic heterocycles. The highest BCUT2D eigenvalue weighted by Crippen LogP contribution is 2.32. The van der Waals surface area contributed by atoms with E-state index >= 15 is 0 Å². The summed E-state index contributed by atoms with van der Waals surface area (Å²) in [5.41, 5.74) is 1.81. The number of aryl methyl sites for hydroxylation is 1. The van der Waals surface area contributed by atoms with Crippen LogP contribution in [0, 0.1) is 23.0 Å². The Balaban J connectivity index is 1.54. The molecule has 0 aliphatic carbocycles. The van der Waals surface area contributed by atoms with Gasteiger partial charge in [-0.1, -0.05) is 13.0 Å². The predicted octanol–water partition coefficient (Wildman–Crippen LogP) is 3.50. The average Bonchev–Trinajstić information content (AvgIpc) is 2.77. The van der Waals surface area contributed by atoms with E-state index in [1.165, 1.54) is 22.6 Å². The number of nitro groups is 1. The van der Waals surface area contributed by atoms with E-state index in [0.717, 1.165) is 31.5 Å². The van der Waals surface area contributed by atoms with Gasteiger partial charge in [-0.25, -0.2) is 9.78 Å². The third-order valence-electron chi connectivity index (χ3n) is 5.70. The Kier molecular flexibility index (Phi) is 5.89. The molecule has 9 nitrogen and oxygen atoms in total. The molecule has 1 unspecified atom stereocenters. The smallest absolute Gasteiger partial charge is 0.338 e. The first-order chi connectivity index (χ1) is 15.3. The first-order valence-corrected chi connectivity index (χ1v) is 10.5. The number of rotatable bonds is 5. The zero-order valence-electron chi connectivity index (χ0n) is 18.0. The van der Waals surface area contributed by atoms with Gasteiger partial charge in [0.25, 0.3) is 11.2 Å². The van der Waals surface area contributed by atoms with Gasteiger partial charge in [0.05, 0.1) is 16.2 Å². The lowest BCUT2D eigenvalue weighted by Gasteiger charge is -2.32. The number of piperidine rings is 1. The number of anilines is 1. The normalized spacial score (nSPS) is 16.2. The number of benzene rings is 1. The Hall–Kier alpha value is -3.75. The van der Waals surface area contributed by atoms with Crippen LogP contribution >= 0.6 is 0 Å². The lowest BCUT2D eigenvalue weighted by atomic mass is 9.99. The van der Waals surface area contributed by atoms with Crippen LogP contribution in [0.2, 0.25) is 0 Å². The Bertz CT molecular complexity index is 1250. The Morgan fingerprint density at radius 1 is 1.31 bits per heavy atom. The van der Waals surface area contributed by atoms with Crippen molar-refractivity contribution in [2.75, 3.05) is 18.0 Å². The van der Waals surface area contributed by atoms with Gasteiger partial charge in [0.15, 0.2) is 0 Å². The van der Waals surface area contributed by atoms with Crippen molar-refractivity contribution in [3.05, 3.63) is 79.9 Å². The van der Waals surface area contributed by atoms with Crippen LogP contribution < -0.4 is 10.5 Å². The molecule has 0 N–H and O–H groups in total. The van der Waals surface area contributed by atoms with Gasteiger partial charge in [-0.15, -0.1) is 0 Å². The summed E-state index contributed by atoms with van der Waals surface area (Å²) in [6.45, 7) is 5.24. The highest BCUT2D eigenvalue weighted by Gasteiger charge is 2.25. The molecule has 1 aliphatic heterocycles. The third kappa shape index (κ3) is 4.32. The maximum absolute atomic E-state index is 12.6. The molecule has 1 atom stereocenters. The van der Waals surface area contributed by atoms with Crippen molar-refractivity contribution in [2.24, 2.45) is 5.92 Å². The molecular formula is C23H24N4O5. The minimum absolute atomic E-state index is 0.0826. The number of carbonyl (C=O) groups is 1. The number of fused-ring (bicyclic) bond motifs is 1.